The van der Waals surface area contributed by atoms with Crippen molar-refractivity contribution in [2.45, 2.75) is 33.2 Å². The first-order chi connectivity index (χ1) is 12.5. The summed E-state index contributed by atoms with van der Waals surface area (Å²) in [5, 5.41) is 7.39. The van der Waals surface area contributed by atoms with E-state index in [0.717, 1.165) is 28.9 Å². The van der Waals surface area contributed by atoms with Gasteiger partial charge in [-0.2, -0.15) is 4.98 Å². The first-order valence-electron chi connectivity index (χ1n) is 8.64. The summed E-state index contributed by atoms with van der Waals surface area (Å²) in [5.41, 5.74) is 3.83. The monoisotopic (exact) mass is 367 g/mol. The van der Waals surface area contributed by atoms with Crippen molar-refractivity contribution in [2.75, 3.05) is 10.6 Å². The van der Waals surface area contributed by atoms with Crippen LogP contribution >= 0.6 is 11.6 Å². The van der Waals surface area contributed by atoms with Crippen LogP contribution in [0.1, 0.15) is 25.8 Å². The Balaban J connectivity index is 2.00. The van der Waals surface area contributed by atoms with Crippen molar-refractivity contribution in [1.29, 1.82) is 0 Å². The van der Waals surface area contributed by atoms with Crippen LogP contribution in [-0.4, -0.2) is 21.0 Å². The summed E-state index contributed by atoms with van der Waals surface area (Å²) in [6.45, 7) is 6.26. The van der Waals surface area contributed by atoms with Crippen LogP contribution in [0.3, 0.4) is 0 Å². The molecule has 0 aliphatic carbocycles. The highest BCUT2D eigenvalue weighted by Gasteiger charge is 2.10. The van der Waals surface area contributed by atoms with Crippen LogP contribution in [0.25, 0.3) is 11.3 Å². The first kappa shape index (κ1) is 18.1. The Morgan fingerprint density at radius 2 is 1.85 bits per heavy atom. The molecule has 3 aromatic rings. The quantitative estimate of drug-likeness (QED) is 0.606. The van der Waals surface area contributed by atoms with E-state index in [9.17, 15) is 0 Å². The number of aromatic nitrogens is 3. The smallest absolute Gasteiger partial charge is 0.225 e. The molecule has 1 atom stereocenters. The summed E-state index contributed by atoms with van der Waals surface area (Å²) < 4.78 is 0. The summed E-state index contributed by atoms with van der Waals surface area (Å²) in [6, 6.07) is 11.8. The SMILES string of the molecule is CC[C@@H](C)Nc1nc(Nc2cc(Cl)ccc2C)cc(-c2ccncc2)n1. The molecule has 1 aromatic carbocycles. The first-order valence-corrected chi connectivity index (χ1v) is 9.02. The van der Waals surface area contributed by atoms with Gasteiger partial charge in [-0.05, 0) is 50.1 Å². The molecule has 0 aliphatic rings. The molecule has 0 fully saturated rings. The largest absolute Gasteiger partial charge is 0.352 e. The number of benzene rings is 1. The van der Waals surface area contributed by atoms with Crippen molar-refractivity contribution >= 4 is 29.1 Å². The molecule has 5 nitrogen and oxygen atoms in total. The van der Waals surface area contributed by atoms with Crippen molar-refractivity contribution in [3.8, 4) is 11.3 Å². The Hall–Kier alpha value is -2.66. The summed E-state index contributed by atoms with van der Waals surface area (Å²) in [7, 11) is 0. The molecule has 0 aliphatic heterocycles. The lowest BCUT2D eigenvalue weighted by Gasteiger charge is -2.15. The second-order valence-corrected chi connectivity index (χ2v) is 6.67. The lowest BCUT2D eigenvalue weighted by molar-refractivity contribution is 0.753. The predicted molar refractivity (Wildman–Crippen MR) is 108 cm³/mol. The minimum Gasteiger partial charge on any atom is -0.352 e. The van der Waals surface area contributed by atoms with E-state index in [1.54, 1.807) is 12.4 Å². The topological polar surface area (TPSA) is 62.7 Å². The number of nitrogens with one attached hydrogen (secondary N) is 2. The molecule has 2 N–H and O–H groups in total. The summed E-state index contributed by atoms with van der Waals surface area (Å²) in [4.78, 5) is 13.4. The highest BCUT2D eigenvalue weighted by Crippen LogP contribution is 2.27. The number of anilines is 3. The Morgan fingerprint density at radius 1 is 1.08 bits per heavy atom. The van der Waals surface area contributed by atoms with Crippen LogP contribution in [0.2, 0.25) is 5.02 Å². The number of nitrogens with zero attached hydrogens (tertiary/aromatic N) is 3. The molecular formula is C20H22ClN5. The fourth-order valence-corrected chi connectivity index (χ4v) is 2.61. The molecule has 0 unspecified atom stereocenters. The third kappa shape index (κ3) is 4.49. The van der Waals surface area contributed by atoms with Gasteiger partial charge in [-0.3, -0.25) is 4.98 Å². The van der Waals surface area contributed by atoms with E-state index in [1.807, 2.05) is 43.3 Å². The average Bonchev–Trinajstić information content (AvgIpc) is 2.65. The normalized spacial score (nSPS) is 11.8. The van der Waals surface area contributed by atoms with Crippen molar-refractivity contribution in [1.82, 2.24) is 15.0 Å². The maximum Gasteiger partial charge on any atom is 0.225 e. The minimum atomic E-state index is 0.281. The summed E-state index contributed by atoms with van der Waals surface area (Å²) in [6.07, 6.45) is 4.50. The third-order valence-corrected chi connectivity index (χ3v) is 4.39. The number of hydrogen-bond donors (Lipinski definition) is 2. The molecule has 0 saturated heterocycles. The van der Waals surface area contributed by atoms with Gasteiger partial charge in [0.15, 0.2) is 0 Å². The fourth-order valence-electron chi connectivity index (χ4n) is 2.44. The second kappa shape index (κ2) is 8.15. The van der Waals surface area contributed by atoms with Gasteiger partial charge in [0, 0.05) is 40.8 Å². The molecule has 3 rings (SSSR count). The lowest BCUT2D eigenvalue weighted by atomic mass is 10.2. The molecule has 26 heavy (non-hydrogen) atoms. The second-order valence-electron chi connectivity index (χ2n) is 6.24. The Labute approximate surface area is 158 Å². The lowest BCUT2D eigenvalue weighted by Crippen LogP contribution is -2.16. The maximum absolute atomic E-state index is 6.14. The number of rotatable bonds is 6. The van der Waals surface area contributed by atoms with Crippen LogP contribution < -0.4 is 10.6 Å². The number of pyridine rings is 1. The zero-order valence-corrected chi connectivity index (χ0v) is 15.9. The van der Waals surface area contributed by atoms with Gasteiger partial charge in [0.25, 0.3) is 0 Å². The minimum absolute atomic E-state index is 0.281. The van der Waals surface area contributed by atoms with E-state index in [-0.39, 0.29) is 6.04 Å². The van der Waals surface area contributed by atoms with Crippen LogP contribution in [0.4, 0.5) is 17.5 Å². The van der Waals surface area contributed by atoms with E-state index in [0.29, 0.717) is 16.8 Å². The fraction of sp³-hybridized carbons (Fsp3) is 0.250. The van der Waals surface area contributed by atoms with Crippen LogP contribution in [0.5, 0.6) is 0 Å². The van der Waals surface area contributed by atoms with Gasteiger partial charge in [0.05, 0.1) is 5.69 Å². The molecule has 0 bridgehead atoms. The molecular weight excluding hydrogens is 346 g/mol. The molecule has 2 heterocycles. The maximum atomic E-state index is 6.14. The van der Waals surface area contributed by atoms with Crippen molar-refractivity contribution in [3.63, 3.8) is 0 Å². The van der Waals surface area contributed by atoms with Gasteiger partial charge in [0.1, 0.15) is 5.82 Å². The number of aryl methyl sites for hydroxylation is 1. The van der Waals surface area contributed by atoms with E-state index in [4.69, 9.17) is 11.6 Å². The number of halogens is 1. The van der Waals surface area contributed by atoms with Crippen molar-refractivity contribution in [2.24, 2.45) is 0 Å². The standard InChI is InChI=1S/C20H22ClN5/c1-4-14(3)23-20-25-18(15-7-9-22-10-8-15)12-19(26-20)24-17-11-16(21)6-5-13(17)2/h5-12,14H,4H2,1-3H3,(H2,23,24,25,26)/t14-/m1/s1. The summed E-state index contributed by atoms with van der Waals surface area (Å²) >= 11 is 6.14. The van der Waals surface area contributed by atoms with E-state index < -0.39 is 0 Å². The van der Waals surface area contributed by atoms with Gasteiger partial charge in [0.2, 0.25) is 5.95 Å². The van der Waals surface area contributed by atoms with Crippen molar-refractivity contribution in [3.05, 3.63) is 59.4 Å². The van der Waals surface area contributed by atoms with Gasteiger partial charge >= 0.3 is 0 Å². The van der Waals surface area contributed by atoms with Crippen LogP contribution in [0, 0.1) is 6.92 Å². The zero-order chi connectivity index (χ0) is 18.5. The zero-order valence-electron chi connectivity index (χ0n) is 15.1. The van der Waals surface area contributed by atoms with Crippen LogP contribution in [-0.2, 0) is 0 Å². The molecule has 0 radical (unpaired) electrons. The molecule has 6 heteroatoms. The Bertz CT molecular complexity index is 883. The predicted octanol–water partition coefficient (Wildman–Crippen LogP) is 5.45. The molecule has 2 aromatic heterocycles. The van der Waals surface area contributed by atoms with Crippen molar-refractivity contribution < 1.29 is 0 Å². The van der Waals surface area contributed by atoms with Gasteiger partial charge in [-0.1, -0.05) is 24.6 Å². The highest BCUT2D eigenvalue weighted by atomic mass is 35.5. The van der Waals surface area contributed by atoms with E-state index in [2.05, 4.69) is 39.4 Å². The van der Waals surface area contributed by atoms with Gasteiger partial charge in [-0.25, -0.2) is 4.98 Å². The molecule has 0 saturated carbocycles. The van der Waals surface area contributed by atoms with Gasteiger partial charge < -0.3 is 10.6 Å². The number of hydrogen-bond acceptors (Lipinski definition) is 5. The average molecular weight is 368 g/mol. The Morgan fingerprint density at radius 3 is 2.58 bits per heavy atom. The molecule has 134 valence electrons. The van der Waals surface area contributed by atoms with E-state index >= 15 is 0 Å². The Kier molecular flexibility index (Phi) is 5.68. The third-order valence-electron chi connectivity index (χ3n) is 4.15. The van der Waals surface area contributed by atoms with Gasteiger partial charge in [-0.15, -0.1) is 0 Å². The molecule has 0 spiro atoms. The van der Waals surface area contributed by atoms with E-state index in [1.165, 1.54) is 0 Å². The van der Waals surface area contributed by atoms with Crippen LogP contribution in [0.15, 0.2) is 48.8 Å². The molecule has 0 amide bonds. The summed E-state index contributed by atoms with van der Waals surface area (Å²) in [5.74, 6) is 1.30. The highest BCUT2D eigenvalue weighted by molar-refractivity contribution is 6.30.